The number of alkyl halides is 3. The second kappa shape index (κ2) is 6.42. The lowest BCUT2D eigenvalue weighted by atomic mass is 10.2. The van der Waals surface area contributed by atoms with Crippen molar-refractivity contribution in [1.29, 1.82) is 0 Å². The van der Waals surface area contributed by atoms with Crippen molar-refractivity contribution in [3.8, 4) is 11.3 Å². The molecule has 0 atom stereocenters. The van der Waals surface area contributed by atoms with Crippen LogP contribution >= 0.6 is 11.9 Å². The molecule has 2 aromatic carbocycles. The van der Waals surface area contributed by atoms with Gasteiger partial charge < -0.3 is 9.71 Å². The number of benzene rings is 2. The maximum Gasteiger partial charge on any atom is 0.416 e. The van der Waals surface area contributed by atoms with Gasteiger partial charge in [-0.1, -0.05) is 30.3 Å². The van der Waals surface area contributed by atoms with Crippen LogP contribution in [-0.4, -0.2) is 4.98 Å². The van der Waals surface area contributed by atoms with Gasteiger partial charge in [0.05, 0.1) is 5.56 Å². The van der Waals surface area contributed by atoms with Crippen molar-refractivity contribution in [3.63, 3.8) is 0 Å². The first-order chi connectivity index (χ1) is 11.0. The average molecular weight is 334 g/mol. The smallest absolute Gasteiger partial charge is 0.360 e. The average Bonchev–Trinajstić information content (AvgIpc) is 3.02. The molecule has 0 spiro atoms. The summed E-state index contributed by atoms with van der Waals surface area (Å²) >= 11 is 1.34. The van der Waals surface area contributed by atoms with E-state index in [9.17, 15) is 13.2 Å². The summed E-state index contributed by atoms with van der Waals surface area (Å²) in [6.07, 6.45) is -2.46. The Bertz CT molecular complexity index is 765. The topological polar surface area (TPSA) is 27.8 Å². The van der Waals surface area contributed by atoms with Crippen molar-refractivity contribution in [1.82, 2.24) is 4.98 Å². The van der Waals surface area contributed by atoms with E-state index in [4.69, 9.17) is 0 Å². The minimum atomic E-state index is -4.31. The van der Waals surface area contributed by atoms with Gasteiger partial charge in [0.15, 0.2) is 0 Å². The fourth-order valence-corrected chi connectivity index (χ4v) is 2.73. The third-order valence-electron chi connectivity index (χ3n) is 3.24. The highest BCUT2D eigenvalue weighted by molar-refractivity contribution is 8.00. The van der Waals surface area contributed by atoms with Crippen LogP contribution in [0.1, 0.15) is 5.56 Å². The quantitative estimate of drug-likeness (QED) is 0.588. The molecule has 2 nitrogen and oxygen atoms in total. The highest BCUT2D eigenvalue weighted by Crippen LogP contribution is 2.31. The lowest BCUT2D eigenvalue weighted by Gasteiger charge is -2.08. The maximum atomic E-state index is 12.5. The lowest BCUT2D eigenvalue weighted by Crippen LogP contribution is -2.04. The van der Waals surface area contributed by atoms with Gasteiger partial charge in [-0.3, -0.25) is 0 Å². The molecule has 0 aliphatic rings. The fourth-order valence-electron chi connectivity index (χ4n) is 2.06. The van der Waals surface area contributed by atoms with Crippen LogP contribution in [0.25, 0.3) is 11.3 Å². The van der Waals surface area contributed by atoms with E-state index in [1.165, 1.54) is 24.1 Å². The molecule has 3 rings (SSSR count). The third-order valence-corrected chi connectivity index (χ3v) is 4.05. The zero-order valence-electron chi connectivity index (χ0n) is 11.9. The van der Waals surface area contributed by atoms with E-state index < -0.39 is 11.7 Å². The summed E-state index contributed by atoms with van der Waals surface area (Å²) < 4.78 is 40.5. The highest BCUT2D eigenvalue weighted by atomic mass is 32.2. The van der Waals surface area contributed by atoms with Crippen LogP contribution in [-0.2, 0) is 6.18 Å². The van der Waals surface area contributed by atoms with Crippen molar-refractivity contribution >= 4 is 17.6 Å². The Kier molecular flexibility index (Phi) is 4.34. The van der Waals surface area contributed by atoms with Crippen LogP contribution in [0.5, 0.6) is 0 Å². The zero-order chi connectivity index (χ0) is 16.3. The van der Waals surface area contributed by atoms with Crippen LogP contribution in [0, 0.1) is 0 Å². The van der Waals surface area contributed by atoms with Gasteiger partial charge in [0.1, 0.15) is 0 Å². The zero-order valence-corrected chi connectivity index (χ0v) is 12.7. The first kappa shape index (κ1) is 15.6. The largest absolute Gasteiger partial charge is 0.416 e. The van der Waals surface area contributed by atoms with Crippen LogP contribution < -0.4 is 4.72 Å². The van der Waals surface area contributed by atoms with E-state index in [2.05, 4.69) is 9.71 Å². The summed E-state index contributed by atoms with van der Waals surface area (Å²) in [5.74, 6) is 0. The molecule has 0 unspecified atom stereocenters. The van der Waals surface area contributed by atoms with Gasteiger partial charge in [0, 0.05) is 22.5 Å². The molecule has 0 amide bonds. The Hall–Kier alpha value is -2.34. The molecule has 23 heavy (non-hydrogen) atoms. The summed E-state index contributed by atoms with van der Waals surface area (Å²) in [6, 6.07) is 16.8. The number of halogens is 3. The summed E-state index contributed by atoms with van der Waals surface area (Å²) in [6.45, 7) is 0. The van der Waals surface area contributed by atoms with Crippen LogP contribution in [0.2, 0.25) is 0 Å². The van der Waals surface area contributed by atoms with Crippen molar-refractivity contribution in [2.75, 3.05) is 4.72 Å². The summed E-state index contributed by atoms with van der Waals surface area (Å²) in [5.41, 5.74) is 2.03. The second-order valence-corrected chi connectivity index (χ2v) is 5.77. The minimum Gasteiger partial charge on any atom is -0.360 e. The fraction of sp³-hybridized carbons (Fsp3) is 0.0588. The predicted molar refractivity (Wildman–Crippen MR) is 87.2 cm³/mol. The van der Waals surface area contributed by atoms with Crippen LogP contribution in [0.4, 0.5) is 18.9 Å². The number of H-pyrrole nitrogens is 1. The highest BCUT2D eigenvalue weighted by Gasteiger charge is 2.29. The molecular weight excluding hydrogens is 321 g/mol. The molecule has 1 heterocycles. The molecule has 0 radical (unpaired) electrons. The molecule has 3 aromatic rings. The van der Waals surface area contributed by atoms with Gasteiger partial charge in [-0.2, -0.15) is 13.2 Å². The molecule has 0 saturated heterocycles. The molecule has 0 fully saturated rings. The van der Waals surface area contributed by atoms with E-state index in [-0.39, 0.29) is 0 Å². The van der Waals surface area contributed by atoms with Crippen molar-refractivity contribution in [2.45, 2.75) is 11.1 Å². The first-order valence-corrected chi connectivity index (χ1v) is 7.68. The maximum absolute atomic E-state index is 12.5. The molecule has 6 heteroatoms. The van der Waals surface area contributed by atoms with Crippen LogP contribution in [0.3, 0.4) is 0 Å². The number of hydrogen-bond acceptors (Lipinski definition) is 2. The standard InChI is InChI=1S/C17H13F3N2S/c18-17(19,20)13-6-8-14(9-7-13)22-23-15-10-16(21-11-15)12-4-2-1-3-5-12/h1-11,21-22H. The van der Waals surface area contributed by atoms with Crippen molar-refractivity contribution in [3.05, 3.63) is 72.4 Å². The number of aromatic amines is 1. The Morgan fingerprint density at radius 3 is 2.26 bits per heavy atom. The Morgan fingerprint density at radius 2 is 1.61 bits per heavy atom. The number of aromatic nitrogens is 1. The Morgan fingerprint density at radius 1 is 0.913 bits per heavy atom. The Balaban J connectivity index is 1.64. The van der Waals surface area contributed by atoms with Gasteiger partial charge in [-0.05, 0) is 47.8 Å². The normalized spacial score (nSPS) is 11.4. The summed E-state index contributed by atoms with van der Waals surface area (Å²) in [7, 11) is 0. The molecule has 2 N–H and O–H groups in total. The summed E-state index contributed by atoms with van der Waals surface area (Å²) in [4.78, 5) is 4.13. The van der Waals surface area contributed by atoms with Gasteiger partial charge in [0.25, 0.3) is 0 Å². The third kappa shape index (κ3) is 3.90. The number of rotatable bonds is 4. The molecule has 1 aromatic heterocycles. The van der Waals surface area contributed by atoms with Crippen molar-refractivity contribution in [2.24, 2.45) is 0 Å². The van der Waals surface area contributed by atoms with E-state index in [1.807, 2.05) is 42.6 Å². The lowest BCUT2D eigenvalue weighted by molar-refractivity contribution is -0.137. The molecule has 0 saturated carbocycles. The number of hydrogen-bond donors (Lipinski definition) is 2. The predicted octanol–water partition coefficient (Wildman–Crippen LogP) is 5.82. The monoisotopic (exact) mass is 334 g/mol. The molecular formula is C17H13F3N2S. The second-order valence-electron chi connectivity index (χ2n) is 4.89. The van der Waals surface area contributed by atoms with Crippen molar-refractivity contribution < 1.29 is 13.2 Å². The first-order valence-electron chi connectivity index (χ1n) is 6.86. The summed E-state index contributed by atoms with van der Waals surface area (Å²) in [5, 5.41) is 0. The van der Waals surface area contributed by atoms with Gasteiger partial charge in [0.2, 0.25) is 0 Å². The van der Waals surface area contributed by atoms with E-state index >= 15 is 0 Å². The van der Waals surface area contributed by atoms with E-state index in [0.29, 0.717) is 5.69 Å². The molecule has 0 aliphatic carbocycles. The SMILES string of the molecule is FC(F)(F)c1ccc(NSc2c[nH]c(-c3ccccc3)c2)cc1. The van der Waals surface area contributed by atoms with Gasteiger partial charge >= 0.3 is 6.18 Å². The molecule has 118 valence electrons. The van der Waals surface area contributed by atoms with E-state index in [0.717, 1.165) is 28.3 Å². The van der Waals surface area contributed by atoms with Crippen LogP contribution in [0.15, 0.2) is 71.8 Å². The number of nitrogens with one attached hydrogen (secondary N) is 2. The van der Waals surface area contributed by atoms with Gasteiger partial charge in [-0.25, -0.2) is 0 Å². The Labute approximate surface area is 135 Å². The van der Waals surface area contributed by atoms with E-state index in [1.54, 1.807) is 0 Å². The number of anilines is 1. The minimum absolute atomic E-state index is 0.616. The van der Waals surface area contributed by atoms with Gasteiger partial charge in [-0.15, -0.1) is 0 Å². The molecule has 0 aliphatic heterocycles. The molecule has 0 bridgehead atoms.